The summed E-state index contributed by atoms with van der Waals surface area (Å²) in [5.41, 5.74) is 1.37. The lowest BCUT2D eigenvalue weighted by molar-refractivity contribution is 0.0897. The molecule has 1 amide bonds. The van der Waals surface area contributed by atoms with Crippen LogP contribution in [-0.2, 0) is 15.6 Å². The van der Waals surface area contributed by atoms with Crippen LogP contribution in [0, 0.1) is 12.7 Å². The van der Waals surface area contributed by atoms with Gasteiger partial charge in [0.05, 0.1) is 10.4 Å². The van der Waals surface area contributed by atoms with Crippen LogP contribution in [0.15, 0.2) is 47.4 Å². The Morgan fingerprint density at radius 3 is 2.34 bits per heavy atom. The van der Waals surface area contributed by atoms with Gasteiger partial charge >= 0.3 is 0 Å². The van der Waals surface area contributed by atoms with Gasteiger partial charge in [-0.2, -0.15) is 0 Å². The Hall–Kier alpha value is -2.25. The second kappa shape index (κ2) is 7.54. The van der Waals surface area contributed by atoms with Crippen LogP contribution in [0.5, 0.6) is 0 Å². The van der Waals surface area contributed by atoms with E-state index < -0.39 is 15.6 Å². The van der Waals surface area contributed by atoms with E-state index in [2.05, 4.69) is 10.0 Å². The van der Waals surface area contributed by atoms with Crippen molar-refractivity contribution < 1.29 is 17.6 Å². The van der Waals surface area contributed by atoms with Crippen molar-refractivity contribution in [2.24, 2.45) is 0 Å². The molecule has 0 saturated heterocycles. The molecular weight excluding hydrogens is 391 g/mol. The molecule has 2 N–H and O–H groups in total. The number of aryl methyl sites for hydroxylation is 1. The number of sulfonamides is 1. The highest BCUT2D eigenvalue weighted by Gasteiger charge is 2.37. The van der Waals surface area contributed by atoms with E-state index in [4.69, 9.17) is 0 Å². The SMILES string of the molecule is Cc1ccc(S(=O)(=O)NC2CC2)cc1C(=O)NC1(c2ccc(F)cc2)CCCC1. The Morgan fingerprint density at radius 1 is 1.07 bits per heavy atom. The minimum atomic E-state index is -3.64. The molecule has 2 aliphatic carbocycles. The van der Waals surface area contributed by atoms with Gasteiger partial charge < -0.3 is 5.32 Å². The van der Waals surface area contributed by atoms with Gasteiger partial charge in [0, 0.05) is 11.6 Å². The highest BCUT2D eigenvalue weighted by molar-refractivity contribution is 7.89. The van der Waals surface area contributed by atoms with Crippen LogP contribution >= 0.6 is 0 Å². The molecule has 4 rings (SSSR count). The number of amides is 1. The molecule has 0 aromatic heterocycles. The fraction of sp³-hybridized carbons (Fsp3) is 0.409. The molecule has 0 bridgehead atoms. The van der Waals surface area contributed by atoms with Crippen molar-refractivity contribution in [1.29, 1.82) is 0 Å². The molecule has 154 valence electrons. The van der Waals surface area contributed by atoms with Gasteiger partial charge in [-0.3, -0.25) is 4.79 Å². The van der Waals surface area contributed by atoms with Crippen LogP contribution in [0.2, 0.25) is 0 Å². The first-order chi connectivity index (χ1) is 13.8. The van der Waals surface area contributed by atoms with E-state index in [0.29, 0.717) is 11.1 Å². The lowest BCUT2D eigenvalue weighted by Crippen LogP contribution is -2.44. The van der Waals surface area contributed by atoms with Crippen LogP contribution in [0.25, 0.3) is 0 Å². The summed E-state index contributed by atoms with van der Waals surface area (Å²) in [6.45, 7) is 1.79. The Morgan fingerprint density at radius 2 is 1.72 bits per heavy atom. The minimum absolute atomic E-state index is 0.00110. The molecule has 2 saturated carbocycles. The third kappa shape index (κ3) is 4.21. The maximum atomic E-state index is 13.4. The second-order valence-electron chi connectivity index (χ2n) is 8.12. The Bertz CT molecular complexity index is 1020. The largest absolute Gasteiger partial charge is 0.343 e. The zero-order chi connectivity index (χ0) is 20.6. The van der Waals surface area contributed by atoms with Crippen LogP contribution in [0.1, 0.15) is 60.0 Å². The smallest absolute Gasteiger partial charge is 0.252 e. The second-order valence-corrected chi connectivity index (χ2v) is 9.84. The first-order valence-corrected chi connectivity index (χ1v) is 11.5. The van der Waals surface area contributed by atoms with E-state index in [1.54, 1.807) is 25.1 Å². The summed E-state index contributed by atoms with van der Waals surface area (Å²) in [6.07, 6.45) is 5.17. The number of hydrogen-bond acceptors (Lipinski definition) is 3. The molecule has 2 aromatic carbocycles. The van der Waals surface area contributed by atoms with Crippen molar-refractivity contribution in [1.82, 2.24) is 10.0 Å². The first kappa shape index (κ1) is 20.0. The van der Waals surface area contributed by atoms with Gasteiger partial charge in [0.1, 0.15) is 5.82 Å². The summed E-state index contributed by atoms with van der Waals surface area (Å²) in [5, 5.41) is 3.14. The van der Waals surface area contributed by atoms with E-state index >= 15 is 0 Å². The predicted molar refractivity (Wildman–Crippen MR) is 109 cm³/mol. The number of carbonyl (C=O) groups is 1. The molecule has 7 heteroatoms. The van der Waals surface area contributed by atoms with Gasteiger partial charge in [-0.25, -0.2) is 17.5 Å². The van der Waals surface area contributed by atoms with Crippen LogP contribution in [0.4, 0.5) is 4.39 Å². The summed E-state index contributed by atoms with van der Waals surface area (Å²) in [5.74, 6) is -0.623. The summed E-state index contributed by atoms with van der Waals surface area (Å²) in [7, 11) is -3.64. The van der Waals surface area contributed by atoms with E-state index in [9.17, 15) is 17.6 Å². The van der Waals surface area contributed by atoms with E-state index in [0.717, 1.165) is 44.1 Å². The van der Waals surface area contributed by atoms with Gasteiger partial charge in [0.15, 0.2) is 0 Å². The fourth-order valence-corrected chi connectivity index (χ4v) is 5.35. The molecule has 2 aliphatic rings. The van der Waals surface area contributed by atoms with Gasteiger partial charge in [-0.1, -0.05) is 31.0 Å². The van der Waals surface area contributed by atoms with Crippen molar-refractivity contribution in [3.63, 3.8) is 0 Å². The minimum Gasteiger partial charge on any atom is -0.343 e. The summed E-state index contributed by atoms with van der Waals surface area (Å²) < 4.78 is 41.1. The van der Waals surface area contributed by atoms with Crippen molar-refractivity contribution in [2.45, 2.75) is 61.9 Å². The van der Waals surface area contributed by atoms with Gasteiger partial charge in [0.25, 0.3) is 5.91 Å². The predicted octanol–water partition coefficient (Wildman–Crippen LogP) is 3.77. The lowest BCUT2D eigenvalue weighted by atomic mass is 9.87. The number of halogens is 1. The van der Waals surface area contributed by atoms with Crippen LogP contribution in [0.3, 0.4) is 0 Å². The number of hydrogen-bond donors (Lipinski definition) is 2. The molecule has 0 heterocycles. The average molecular weight is 417 g/mol. The van der Waals surface area contributed by atoms with Crippen molar-refractivity contribution in [2.75, 3.05) is 0 Å². The molecule has 0 atom stereocenters. The molecule has 0 aliphatic heterocycles. The zero-order valence-corrected chi connectivity index (χ0v) is 17.2. The van der Waals surface area contributed by atoms with Crippen LogP contribution < -0.4 is 10.0 Å². The quantitative estimate of drug-likeness (QED) is 0.753. The standard InChI is InChI=1S/C22H25FN2O3S/c1-15-4-11-19(29(27,28)25-18-9-10-18)14-20(15)21(26)24-22(12-2-3-13-22)16-5-7-17(23)8-6-16/h4-8,11,14,18,25H,2-3,9-10,12-13H2,1H3,(H,24,26). The maximum absolute atomic E-state index is 13.4. The molecule has 0 radical (unpaired) electrons. The Labute approximate surface area is 170 Å². The van der Waals surface area contributed by atoms with E-state index in [1.807, 2.05) is 0 Å². The number of benzene rings is 2. The topological polar surface area (TPSA) is 75.3 Å². The normalized spacial score (nSPS) is 18.6. The third-order valence-electron chi connectivity index (χ3n) is 5.87. The summed E-state index contributed by atoms with van der Waals surface area (Å²) in [4.78, 5) is 13.3. The Kier molecular flexibility index (Phi) is 5.21. The van der Waals surface area contributed by atoms with Crippen molar-refractivity contribution >= 4 is 15.9 Å². The maximum Gasteiger partial charge on any atom is 0.252 e. The van der Waals surface area contributed by atoms with E-state index in [1.165, 1.54) is 24.3 Å². The number of carbonyl (C=O) groups excluding carboxylic acids is 1. The summed E-state index contributed by atoms with van der Waals surface area (Å²) >= 11 is 0. The Balaban J connectivity index is 1.63. The summed E-state index contributed by atoms with van der Waals surface area (Å²) in [6, 6.07) is 10.9. The third-order valence-corrected chi connectivity index (χ3v) is 7.39. The van der Waals surface area contributed by atoms with Gasteiger partial charge in [-0.15, -0.1) is 0 Å². The van der Waals surface area contributed by atoms with Crippen molar-refractivity contribution in [3.05, 3.63) is 65.0 Å². The number of rotatable bonds is 6. The lowest BCUT2D eigenvalue weighted by Gasteiger charge is -2.31. The van der Waals surface area contributed by atoms with E-state index in [-0.39, 0.29) is 22.7 Å². The van der Waals surface area contributed by atoms with Crippen LogP contribution in [-0.4, -0.2) is 20.4 Å². The van der Waals surface area contributed by atoms with Gasteiger partial charge in [-0.05, 0) is 68.0 Å². The zero-order valence-electron chi connectivity index (χ0n) is 16.4. The molecule has 2 fully saturated rings. The molecule has 0 unspecified atom stereocenters. The average Bonchev–Trinajstić information content (AvgIpc) is 3.36. The molecule has 2 aromatic rings. The molecule has 5 nitrogen and oxygen atoms in total. The highest BCUT2D eigenvalue weighted by atomic mass is 32.2. The van der Waals surface area contributed by atoms with Crippen molar-refractivity contribution in [3.8, 4) is 0 Å². The highest BCUT2D eigenvalue weighted by Crippen LogP contribution is 2.39. The first-order valence-electron chi connectivity index (χ1n) is 10.0. The fourth-order valence-electron chi connectivity index (χ4n) is 4.02. The monoisotopic (exact) mass is 416 g/mol. The number of nitrogens with one attached hydrogen (secondary N) is 2. The van der Waals surface area contributed by atoms with Gasteiger partial charge in [0.2, 0.25) is 10.0 Å². The molecular formula is C22H25FN2O3S. The molecule has 29 heavy (non-hydrogen) atoms. The molecule has 0 spiro atoms.